The molecule has 2 heterocycles. The summed E-state index contributed by atoms with van der Waals surface area (Å²) in [4.78, 5) is 12.5. The summed E-state index contributed by atoms with van der Waals surface area (Å²) >= 11 is 4.92. The second kappa shape index (κ2) is 6.06. The summed E-state index contributed by atoms with van der Waals surface area (Å²) in [6, 6.07) is 0. The number of aromatic nitrogens is 4. The van der Waals surface area contributed by atoms with Gasteiger partial charge < -0.3 is 15.6 Å². The van der Waals surface area contributed by atoms with Crippen LogP contribution in [-0.4, -0.2) is 31.1 Å². The van der Waals surface area contributed by atoms with E-state index in [1.54, 1.807) is 24.9 Å². The number of thiocarbonyl (C=S) groups is 1. The molecule has 0 amide bonds. The molecule has 0 fully saturated rings. The first-order valence-corrected chi connectivity index (χ1v) is 5.98. The Morgan fingerprint density at radius 3 is 2.89 bits per heavy atom. The van der Waals surface area contributed by atoms with Crippen molar-refractivity contribution in [1.82, 2.24) is 19.5 Å². The van der Waals surface area contributed by atoms with Crippen molar-refractivity contribution in [1.29, 1.82) is 0 Å². The fourth-order valence-electron chi connectivity index (χ4n) is 1.54. The third-order valence-electron chi connectivity index (χ3n) is 2.38. The van der Waals surface area contributed by atoms with E-state index >= 15 is 0 Å². The Labute approximate surface area is 110 Å². The summed E-state index contributed by atoms with van der Waals surface area (Å²) in [6.45, 7) is 1.67. The van der Waals surface area contributed by atoms with Crippen LogP contribution in [0.2, 0.25) is 0 Å². The van der Waals surface area contributed by atoms with E-state index < -0.39 is 0 Å². The number of imidazole rings is 1. The molecule has 0 radical (unpaired) electrons. The van der Waals surface area contributed by atoms with Gasteiger partial charge in [-0.15, -0.1) is 0 Å². The molecule has 0 bridgehead atoms. The quantitative estimate of drug-likeness (QED) is 0.592. The molecule has 18 heavy (non-hydrogen) atoms. The second-order valence-electron chi connectivity index (χ2n) is 3.70. The SMILES string of the molecule is NC(=S)c1nccnc1NCCCn1ccnc1. The zero-order valence-electron chi connectivity index (χ0n) is 9.78. The van der Waals surface area contributed by atoms with Crippen LogP contribution in [0.25, 0.3) is 0 Å². The lowest BCUT2D eigenvalue weighted by Gasteiger charge is -2.08. The molecule has 3 N–H and O–H groups in total. The van der Waals surface area contributed by atoms with Gasteiger partial charge in [-0.2, -0.15) is 0 Å². The molecule has 0 aromatic carbocycles. The van der Waals surface area contributed by atoms with Gasteiger partial charge in [-0.25, -0.2) is 15.0 Å². The molecule has 94 valence electrons. The van der Waals surface area contributed by atoms with Crippen molar-refractivity contribution in [2.75, 3.05) is 11.9 Å². The predicted octanol–water partition coefficient (Wildman–Crippen LogP) is 0.809. The Morgan fingerprint density at radius 1 is 1.33 bits per heavy atom. The minimum atomic E-state index is 0.250. The van der Waals surface area contributed by atoms with Crippen molar-refractivity contribution < 1.29 is 0 Å². The maximum atomic E-state index is 5.57. The first-order chi connectivity index (χ1) is 8.77. The van der Waals surface area contributed by atoms with Crippen LogP contribution in [0.3, 0.4) is 0 Å². The minimum absolute atomic E-state index is 0.250. The molecule has 2 aromatic rings. The third-order valence-corrected chi connectivity index (χ3v) is 2.57. The Bertz CT molecular complexity index is 510. The largest absolute Gasteiger partial charge is 0.388 e. The highest BCUT2D eigenvalue weighted by Gasteiger charge is 2.06. The maximum Gasteiger partial charge on any atom is 0.155 e. The van der Waals surface area contributed by atoms with Crippen LogP contribution >= 0.6 is 12.2 Å². The normalized spacial score (nSPS) is 10.2. The highest BCUT2D eigenvalue weighted by atomic mass is 32.1. The highest BCUT2D eigenvalue weighted by Crippen LogP contribution is 2.07. The summed E-state index contributed by atoms with van der Waals surface area (Å²) < 4.78 is 2.02. The molecule has 0 atom stereocenters. The molecule has 2 rings (SSSR count). The Morgan fingerprint density at radius 2 is 2.17 bits per heavy atom. The van der Waals surface area contributed by atoms with Crippen molar-refractivity contribution in [3.8, 4) is 0 Å². The van der Waals surface area contributed by atoms with E-state index in [1.807, 2.05) is 10.8 Å². The standard InChI is InChI=1S/C11H14N6S/c12-10(18)9-11(16-4-3-14-9)15-2-1-6-17-7-5-13-8-17/h3-5,7-8H,1-2,6H2,(H2,12,18)(H,15,16). The molecule has 0 unspecified atom stereocenters. The lowest BCUT2D eigenvalue weighted by Crippen LogP contribution is -2.17. The molecular formula is C11H14N6S. The summed E-state index contributed by atoms with van der Waals surface area (Å²) in [6.07, 6.45) is 9.63. The van der Waals surface area contributed by atoms with Crippen molar-refractivity contribution >= 4 is 23.0 Å². The number of rotatable bonds is 6. The van der Waals surface area contributed by atoms with Crippen LogP contribution in [-0.2, 0) is 6.54 Å². The number of hydrogen-bond donors (Lipinski definition) is 2. The Kier molecular flexibility index (Phi) is 4.19. The maximum absolute atomic E-state index is 5.57. The molecule has 0 aliphatic rings. The number of nitrogens with one attached hydrogen (secondary N) is 1. The minimum Gasteiger partial charge on any atom is -0.388 e. The fourth-order valence-corrected chi connectivity index (χ4v) is 1.68. The lowest BCUT2D eigenvalue weighted by molar-refractivity contribution is 0.660. The summed E-state index contributed by atoms with van der Waals surface area (Å²) in [5.41, 5.74) is 6.11. The van der Waals surface area contributed by atoms with E-state index in [-0.39, 0.29) is 4.99 Å². The number of aryl methyl sites for hydroxylation is 1. The zero-order valence-corrected chi connectivity index (χ0v) is 10.6. The van der Waals surface area contributed by atoms with Crippen LogP contribution in [0, 0.1) is 0 Å². The summed E-state index contributed by atoms with van der Waals surface area (Å²) in [5.74, 6) is 0.635. The van der Waals surface area contributed by atoms with Gasteiger partial charge >= 0.3 is 0 Å². The summed E-state index contributed by atoms with van der Waals surface area (Å²) in [5, 5.41) is 3.18. The lowest BCUT2D eigenvalue weighted by atomic mass is 10.3. The van der Waals surface area contributed by atoms with E-state index in [0.717, 1.165) is 19.5 Å². The van der Waals surface area contributed by atoms with Gasteiger partial charge in [-0.05, 0) is 6.42 Å². The monoisotopic (exact) mass is 262 g/mol. The van der Waals surface area contributed by atoms with Crippen LogP contribution < -0.4 is 11.1 Å². The smallest absolute Gasteiger partial charge is 0.155 e. The molecule has 0 aliphatic carbocycles. The van der Waals surface area contributed by atoms with Crippen molar-refractivity contribution in [2.45, 2.75) is 13.0 Å². The number of anilines is 1. The number of nitrogens with zero attached hydrogens (tertiary/aromatic N) is 4. The van der Waals surface area contributed by atoms with Gasteiger partial charge in [0.25, 0.3) is 0 Å². The number of hydrogen-bond acceptors (Lipinski definition) is 5. The van der Waals surface area contributed by atoms with Gasteiger partial charge in [-0.3, -0.25) is 0 Å². The molecule has 2 aromatic heterocycles. The van der Waals surface area contributed by atoms with Crippen molar-refractivity contribution in [3.63, 3.8) is 0 Å². The van der Waals surface area contributed by atoms with E-state index in [1.165, 1.54) is 0 Å². The van der Waals surface area contributed by atoms with Crippen LogP contribution in [0.1, 0.15) is 12.1 Å². The van der Waals surface area contributed by atoms with Crippen molar-refractivity contribution in [2.24, 2.45) is 5.73 Å². The van der Waals surface area contributed by atoms with Crippen molar-refractivity contribution in [3.05, 3.63) is 36.8 Å². The average molecular weight is 262 g/mol. The van der Waals surface area contributed by atoms with Gasteiger partial charge in [0.1, 0.15) is 10.7 Å². The average Bonchev–Trinajstić information content (AvgIpc) is 2.88. The second-order valence-corrected chi connectivity index (χ2v) is 4.14. The Balaban J connectivity index is 1.85. The summed E-state index contributed by atoms with van der Waals surface area (Å²) in [7, 11) is 0. The van der Waals surface area contributed by atoms with Gasteiger partial charge in [0.2, 0.25) is 0 Å². The van der Waals surface area contributed by atoms with Crippen LogP contribution in [0.4, 0.5) is 5.82 Å². The van der Waals surface area contributed by atoms with Gasteiger partial charge in [0.15, 0.2) is 5.82 Å². The Hall–Kier alpha value is -2.02. The van der Waals surface area contributed by atoms with E-state index in [0.29, 0.717) is 11.5 Å². The molecule has 0 saturated carbocycles. The third kappa shape index (κ3) is 3.24. The van der Waals surface area contributed by atoms with E-state index in [9.17, 15) is 0 Å². The first kappa shape index (κ1) is 12.4. The number of nitrogens with two attached hydrogens (primary N) is 1. The molecule has 0 aliphatic heterocycles. The topological polar surface area (TPSA) is 81.6 Å². The molecule has 0 spiro atoms. The van der Waals surface area contributed by atoms with E-state index in [2.05, 4.69) is 20.3 Å². The van der Waals surface area contributed by atoms with Gasteiger partial charge in [0.05, 0.1) is 6.33 Å². The molecular weight excluding hydrogens is 248 g/mol. The highest BCUT2D eigenvalue weighted by molar-refractivity contribution is 7.80. The van der Waals surface area contributed by atoms with Gasteiger partial charge in [0, 0.05) is 37.9 Å². The van der Waals surface area contributed by atoms with E-state index in [4.69, 9.17) is 18.0 Å². The molecule has 7 heteroatoms. The fraction of sp³-hybridized carbons (Fsp3) is 0.273. The first-order valence-electron chi connectivity index (χ1n) is 5.58. The van der Waals surface area contributed by atoms with Crippen LogP contribution in [0.5, 0.6) is 0 Å². The zero-order chi connectivity index (χ0) is 12.8. The predicted molar refractivity (Wildman–Crippen MR) is 73.3 cm³/mol. The molecule has 0 saturated heterocycles. The van der Waals surface area contributed by atoms with Crippen LogP contribution in [0.15, 0.2) is 31.1 Å². The molecule has 6 nitrogen and oxygen atoms in total. The van der Waals surface area contributed by atoms with Gasteiger partial charge in [-0.1, -0.05) is 12.2 Å².